The van der Waals surface area contributed by atoms with Gasteiger partial charge in [-0.2, -0.15) is 0 Å². The van der Waals surface area contributed by atoms with E-state index >= 15 is 0 Å². The van der Waals surface area contributed by atoms with Crippen molar-refractivity contribution >= 4 is 11.8 Å². The molecule has 2 aromatic carbocycles. The van der Waals surface area contributed by atoms with E-state index < -0.39 is 5.97 Å². The number of carbonyl (C=O) groups is 1. The average molecular weight is 350 g/mol. The van der Waals surface area contributed by atoms with Gasteiger partial charge in [0.15, 0.2) is 0 Å². The van der Waals surface area contributed by atoms with Gasteiger partial charge in [-0.1, -0.05) is 12.1 Å². The Labute approximate surface area is 149 Å². The third-order valence-corrected chi connectivity index (χ3v) is 4.08. The smallest absolute Gasteiger partial charge is 0.337 e. The summed E-state index contributed by atoms with van der Waals surface area (Å²) < 4.78 is 3.02. The van der Waals surface area contributed by atoms with Crippen LogP contribution >= 0.6 is 0 Å². The molecular weight excluding hydrogens is 332 g/mol. The summed E-state index contributed by atoms with van der Waals surface area (Å²) in [7, 11) is 0. The van der Waals surface area contributed by atoms with E-state index in [9.17, 15) is 9.59 Å². The Bertz CT molecular complexity index is 999. The van der Waals surface area contributed by atoms with Crippen LogP contribution in [0.25, 0.3) is 11.4 Å². The number of nitrogens with one attached hydrogen (secondary N) is 1. The minimum Gasteiger partial charge on any atom is -0.481 e. The van der Waals surface area contributed by atoms with Gasteiger partial charge >= 0.3 is 11.7 Å². The van der Waals surface area contributed by atoms with Gasteiger partial charge in [-0.25, -0.2) is 4.79 Å². The maximum Gasteiger partial charge on any atom is 0.337 e. The summed E-state index contributed by atoms with van der Waals surface area (Å²) in [6, 6.07) is 14.1. The number of imidazole rings is 1. The summed E-state index contributed by atoms with van der Waals surface area (Å²) in [5.74, 6) is -0.859. The van der Waals surface area contributed by atoms with Crippen LogP contribution < -0.4 is 11.4 Å². The summed E-state index contributed by atoms with van der Waals surface area (Å²) in [4.78, 5) is 23.3. The fourth-order valence-electron chi connectivity index (χ4n) is 2.65. The van der Waals surface area contributed by atoms with E-state index in [1.54, 1.807) is 48.8 Å². The topological polar surface area (TPSA) is 114 Å². The number of amidine groups is 1. The Morgan fingerprint density at radius 2 is 1.46 bits per heavy atom. The van der Waals surface area contributed by atoms with E-state index in [0.29, 0.717) is 23.4 Å². The third kappa shape index (κ3) is 3.56. The SMILES string of the molecule is N=C(N)c1ccc(-n2ccn(-c3ccc(CCC(=O)O)cc3)c2=O)cc1. The molecule has 1 heterocycles. The Morgan fingerprint density at radius 3 is 1.92 bits per heavy atom. The van der Waals surface area contributed by atoms with Gasteiger partial charge in [-0.05, 0) is 48.4 Å². The summed E-state index contributed by atoms with van der Waals surface area (Å²) in [5, 5.41) is 16.1. The van der Waals surface area contributed by atoms with Gasteiger partial charge in [0.2, 0.25) is 0 Å². The van der Waals surface area contributed by atoms with E-state index in [-0.39, 0.29) is 17.9 Å². The van der Waals surface area contributed by atoms with E-state index in [0.717, 1.165) is 5.56 Å². The van der Waals surface area contributed by atoms with Crippen LogP contribution in [0.15, 0.2) is 65.7 Å². The highest BCUT2D eigenvalue weighted by Gasteiger charge is 2.08. The minimum atomic E-state index is -0.835. The number of hydrogen-bond donors (Lipinski definition) is 3. The van der Waals surface area contributed by atoms with Crippen LogP contribution in [0.3, 0.4) is 0 Å². The lowest BCUT2D eigenvalue weighted by Crippen LogP contribution is -2.21. The van der Waals surface area contributed by atoms with Crippen molar-refractivity contribution in [2.45, 2.75) is 12.8 Å². The first-order valence-electron chi connectivity index (χ1n) is 8.01. The van der Waals surface area contributed by atoms with E-state index in [2.05, 4.69) is 0 Å². The number of nitrogen functional groups attached to an aromatic ring is 1. The zero-order chi connectivity index (χ0) is 18.7. The summed E-state index contributed by atoms with van der Waals surface area (Å²) in [6.45, 7) is 0. The lowest BCUT2D eigenvalue weighted by atomic mass is 10.1. The molecule has 26 heavy (non-hydrogen) atoms. The van der Waals surface area contributed by atoms with Gasteiger partial charge in [0.05, 0.1) is 11.4 Å². The summed E-state index contributed by atoms with van der Waals surface area (Å²) in [5.41, 5.74) is 8.10. The zero-order valence-corrected chi connectivity index (χ0v) is 13.9. The number of aryl methyl sites for hydroxylation is 1. The van der Waals surface area contributed by atoms with Crippen molar-refractivity contribution in [3.63, 3.8) is 0 Å². The number of carboxylic acid groups (broad SMARTS) is 1. The fraction of sp³-hybridized carbons (Fsp3) is 0.105. The maximum absolute atomic E-state index is 12.7. The molecule has 0 fully saturated rings. The molecule has 0 saturated heterocycles. The number of aliphatic carboxylic acids is 1. The minimum absolute atomic E-state index is 0.0237. The second-order valence-corrected chi connectivity index (χ2v) is 5.84. The molecule has 0 unspecified atom stereocenters. The molecule has 0 aliphatic rings. The van der Waals surface area contributed by atoms with Crippen LogP contribution in [-0.2, 0) is 11.2 Å². The second kappa shape index (κ2) is 7.10. The molecule has 7 nitrogen and oxygen atoms in total. The highest BCUT2D eigenvalue weighted by Crippen LogP contribution is 2.12. The first kappa shape index (κ1) is 17.2. The molecule has 0 amide bonds. The van der Waals surface area contributed by atoms with Crippen LogP contribution in [0.5, 0.6) is 0 Å². The monoisotopic (exact) mass is 350 g/mol. The predicted octanol–water partition coefficient (Wildman–Crippen LogP) is 1.93. The lowest BCUT2D eigenvalue weighted by Gasteiger charge is -2.05. The zero-order valence-electron chi connectivity index (χ0n) is 13.9. The molecule has 132 valence electrons. The van der Waals surface area contributed by atoms with E-state index in [1.807, 2.05) is 12.1 Å². The van der Waals surface area contributed by atoms with Crippen molar-refractivity contribution in [3.05, 3.63) is 82.5 Å². The van der Waals surface area contributed by atoms with Crippen LogP contribution in [0, 0.1) is 5.41 Å². The molecule has 0 atom stereocenters. The average Bonchev–Trinajstić information content (AvgIpc) is 3.02. The van der Waals surface area contributed by atoms with Crippen molar-refractivity contribution in [2.75, 3.05) is 0 Å². The van der Waals surface area contributed by atoms with Crippen molar-refractivity contribution in [1.82, 2.24) is 9.13 Å². The molecule has 7 heteroatoms. The first-order chi connectivity index (χ1) is 12.5. The molecular formula is C19H18N4O3. The molecule has 3 aromatic rings. The van der Waals surface area contributed by atoms with Crippen LogP contribution in [-0.4, -0.2) is 26.0 Å². The van der Waals surface area contributed by atoms with E-state index in [1.165, 1.54) is 9.13 Å². The largest absolute Gasteiger partial charge is 0.481 e. The number of aromatic nitrogens is 2. The standard InChI is InChI=1S/C19H18N4O3/c20-18(21)14-4-8-16(9-5-14)23-12-11-22(19(23)26)15-6-1-13(2-7-15)3-10-17(24)25/h1-2,4-9,11-12H,3,10H2,(H3,20,21)(H,24,25). The molecule has 0 spiro atoms. The quantitative estimate of drug-likeness (QED) is 0.465. The number of benzene rings is 2. The maximum atomic E-state index is 12.7. The Balaban J connectivity index is 1.85. The lowest BCUT2D eigenvalue weighted by molar-refractivity contribution is -0.136. The van der Waals surface area contributed by atoms with E-state index in [4.69, 9.17) is 16.2 Å². The van der Waals surface area contributed by atoms with Gasteiger partial charge in [-0.15, -0.1) is 0 Å². The molecule has 1 aromatic heterocycles. The highest BCUT2D eigenvalue weighted by atomic mass is 16.4. The number of nitrogens with zero attached hydrogens (tertiary/aromatic N) is 2. The highest BCUT2D eigenvalue weighted by molar-refractivity contribution is 5.95. The van der Waals surface area contributed by atoms with Crippen molar-refractivity contribution in [3.8, 4) is 11.4 Å². The Kier molecular flexibility index (Phi) is 4.70. The molecule has 0 aliphatic carbocycles. The van der Waals surface area contributed by atoms with Crippen molar-refractivity contribution in [2.24, 2.45) is 5.73 Å². The molecule has 4 N–H and O–H groups in total. The summed E-state index contributed by atoms with van der Waals surface area (Å²) in [6.07, 6.45) is 3.87. The molecule has 0 bridgehead atoms. The number of nitrogens with two attached hydrogens (primary N) is 1. The van der Waals surface area contributed by atoms with Crippen molar-refractivity contribution < 1.29 is 9.90 Å². The van der Waals surface area contributed by atoms with Crippen LogP contribution in [0.1, 0.15) is 17.5 Å². The van der Waals surface area contributed by atoms with Gasteiger partial charge < -0.3 is 10.8 Å². The van der Waals surface area contributed by atoms with Crippen LogP contribution in [0.2, 0.25) is 0 Å². The van der Waals surface area contributed by atoms with Gasteiger partial charge in [0, 0.05) is 24.4 Å². The number of carboxylic acids is 1. The number of hydrogen-bond acceptors (Lipinski definition) is 3. The summed E-state index contributed by atoms with van der Waals surface area (Å²) >= 11 is 0. The molecule has 3 rings (SSSR count). The molecule has 0 radical (unpaired) electrons. The van der Waals surface area contributed by atoms with Gasteiger partial charge in [0.25, 0.3) is 0 Å². The predicted molar refractivity (Wildman–Crippen MR) is 98.3 cm³/mol. The Hall–Kier alpha value is -3.61. The Morgan fingerprint density at radius 1 is 0.962 bits per heavy atom. The second-order valence-electron chi connectivity index (χ2n) is 5.84. The van der Waals surface area contributed by atoms with Crippen LogP contribution in [0.4, 0.5) is 0 Å². The third-order valence-electron chi connectivity index (χ3n) is 4.08. The normalized spacial score (nSPS) is 10.6. The fourth-order valence-corrected chi connectivity index (χ4v) is 2.65. The molecule has 0 aliphatic heterocycles. The molecule has 0 saturated carbocycles. The van der Waals surface area contributed by atoms with Gasteiger partial charge in [0.1, 0.15) is 5.84 Å². The van der Waals surface area contributed by atoms with Gasteiger partial charge in [-0.3, -0.25) is 19.3 Å². The van der Waals surface area contributed by atoms with Crippen molar-refractivity contribution in [1.29, 1.82) is 5.41 Å². The first-order valence-corrected chi connectivity index (χ1v) is 8.01. The number of rotatable bonds is 6.